The maximum atomic E-state index is 10.3. The third kappa shape index (κ3) is 1.42. The van der Waals surface area contributed by atoms with E-state index in [4.69, 9.17) is 28.3 Å². The van der Waals surface area contributed by atoms with E-state index in [0.717, 1.165) is 0 Å². The highest BCUT2D eigenvalue weighted by Gasteiger charge is 2.69. The number of carbonyl (C=O) groups is 1. The first-order valence-electron chi connectivity index (χ1n) is 3.89. The monoisotopic (exact) mass is 210 g/mol. The molecule has 1 atom stereocenters. The van der Waals surface area contributed by atoms with Crippen LogP contribution in [0.2, 0.25) is 0 Å². The number of carboxylic acids is 1. The van der Waals surface area contributed by atoms with Gasteiger partial charge in [0.2, 0.25) is 0 Å². The fourth-order valence-corrected chi connectivity index (χ4v) is 2.49. The molecule has 1 aliphatic carbocycles. The molecule has 1 fully saturated rings. The van der Waals surface area contributed by atoms with Crippen LogP contribution >= 0.6 is 23.2 Å². The van der Waals surface area contributed by atoms with Crippen molar-refractivity contribution in [3.63, 3.8) is 0 Å². The SMILES string of the molecule is CC1(C)C(CCC(=O)O)C1(Cl)Cl. The molecule has 0 aliphatic heterocycles. The van der Waals surface area contributed by atoms with Gasteiger partial charge in [-0.2, -0.15) is 0 Å². The molecular weight excluding hydrogens is 199 g/mol. The third-order valence-electron chi connectivity index (χ3n) is 2.73. The molecule has 0 heterocycles. The normalized spacial score (nSPS) is 29.8. The predicted octanol–water partition coefficient (Wildman–Crippen LogP) is 2.68. The Bertz CT molecular complexity index is 197. The molecule has 0 spiro atoms. The lowest BCUT2D eigenvalue weighted by atomic mass is 10.1. The lowest BCUT2D eigenvalue weighted by molar-refractivity contribution is -0.137. The average Bonchev–Trinajstić information content (AvgIpc) is 2.21. The number of alkyl halides is 2. The molecule has 0 aromatic heterocycles. The topological polar surface area (TPSA) is 37.3 Å². The van der Waals surface area contributed by atoms with E-state index in [1.165, 1.54) is 0 Å². The van der Waals surface area contributed by atoms with Crippen LogP contribution in [0.3, 0.4) is 0 Å². The van der Waals surface area contributed by atoms with Crippen molar-refractivity contribution in [2.45, 2.75) is 31.0 Å². The van der Waals surface area contributed by atoms with Crippen LogP contribution in [0.1, 0.15) is 26.7 Å². The Morgan fingerprint density at radius 3 is 2.17 bits per heavy atom. The van der Waals surface area contributed by atoms with E-state index in [1.807, 2.05) is 13.8 Å². The van der Waals surface area contributed by atoms with Crippen molar-refractivity contribution in [1.29, 1.82) is 0 Å². The Morgan fingerprint density at radius 2 is 1.92 bits per heavy atom. The van der Waals surface area contributed by atoms with Crippen LogP contribution in [-0.4, -0.2) is 15.4 Å². The molecule has 0 bridgehead atoms. The first-order valence-corrected chi connectivity index (χ1v) is 4.65. The van der Waals surface area contributed by atoms with Gasteiger partial charge in [0, 0.05) is 17.8 Å². The van der Waals surface area contributed by atoms with Crippen LogP contribution in [0.15, 0.2) is 0 Å². The molecule has 1 aliphatic rings. The highest BCUT2D eigenvalue weighted by Crippen LogP contribution is 2.70. The Morgan fingerprint density at radius 1 is 1.50 bits per heavy atom. The van der Waals surface area contributed by atoms with E-state index in [0.29, 0.717) is 6.42 Å². The molecular formula is C8H12Cl2O2. The summed E-state index contributed by atoms with van der Waals surface area (Å²) in [6.07, 6.45) is 0.713. The second-order valence-corrected chi connectivity index (χ2v) is 5.22. The summed E-state index contributed by atoms with van der Waals surface area (Å²) in [4.78, 5) is 10.3. The smallest absolute Gasteiger partial charge is 0.303 e. The van der Waals surface area contributed by atoms with Gasteiger partial charge in [0.15, 0.2) is 0 Å². The van der Waals surface area contributed by atoms with Crippen LogP contribution < -0.4 is 0 Å². The Balaban J connectivity index is 2.44. The van der Waals surface area contributed by atoms with Crippen LogP contribution in [0.4, 0.5) is 0 Å². The van der Waals surface area contributed by atoms with Crippen molar-refractivity contribution in [3.8, 4) is 0 Å². The van der Waals surface area contributed by atoms with Gasteiger partial charge in [0.05, 0.1) is 0 Å². The molecule has 70 valence electrons. The fraction of sp³-hybridized carbons (Fsp3) is 0.875. The highest BCUT2D eigenvalue weighted by atomic mass is 35.5. The second-order valence-electron chi connectivity index (χ2n) is 3.83. The Labute approximate surface area is 81.9 Å². The number of rotatable bonds is 3. The lowest BCUT2D eigenvalue weighted by Gasteiger charge is -1.99. The molecule has 4 heteroatoms. The van der Waals surface area contributed by atoms with Crippen molar-refractivity contribution in [2.75, 3.05) is 0 Å². The summed E-state index contributed by atoms with van der Waals surface area (Å²) in [5.74, 6) is -0.675. The fourth-order valence-electron chi connectivity index (χ4n) is 1.57. The molecule has 0 aromatic carbocycles. The van der Waals surface area contributed by atoms with Gasteiger partial charge < -0.3 is 5.11 Å². The molecule has 12 heavy (non-hydrogen) atoms. The first-order chi connectivity index (χ1) is 5.30. The Kier molecular flexibility index (Phi) is 2.34. The summed E-state index contributed by atoms with van der Waals surface area (Å²) in [5, 5.41) is 8.44. The minimum absolute atomic E-state index is 0.115. The maximum Gasteiger partial charge on any atom is 0.303 e. The lowest BCUT2D eigenvalue weighted by Crippen LogP contribution is -1.97. The molecule has 0 aromatic rings. The van der Waals surface area contributed by atoms with Gasteiger partial charge in [-0.15, -0.1) is 23.2 Å². The summed E-state index contributed by atoms with van der Waals surface area (Å²) in [6, 6.07) is 0. The summed E-state index contributed by atoms with van der Waals surface area (Å²) < 4.78 is -0.720. The molecule has 1 saturated carbocycles. The van der Waals surface area contributed by atoms with Crippen LogP contribution in [0.5, 0.6) is 0 Å². The van der Waals surface area contributed by atoms with Gasteiger partial charge in [0.1, 0.15) is 4.33 Å². The summed E-state index contributed by atoms with van der Waals surface area (Å²) in [6.45, 7) is 3.92. The van der Waals surface area contributed by atoms with Gasteiger partial charge in [0.25, 0.3) is 0 Å². The third-order valence-corrected chi connectivity index (χ3v) is 4.23. The quantitative estimate of drug-likeness (QED) is 0.728. The molecule has 2 nitrogen and oxygen atoms in total. The second kappa shape index (κ2) is 2.78. The van der Waals surface area contributed by atoms with Gasteiger partial charge in [-0.05, 0) is 6.42 Å². The van der Waals surface area contributed by atoms with E-state index in [1.54, 1.807) is 0 Å². The molecule has 1 N–H and O–H groups in total. The van der Waals surface area contributed by atoms with Crippen molar-refractivity contribution >= 4 is 29.2 Å². The van der Waals surface area contributed by atoms with E-state index in [2.05, 4.69) is 0 Å². The van der Waals surface area contributed by atoms with E-state index in [9.17, 15) is 4.79 Å². The highest BCUT2D eigenvalue weighted by molar-refractivity contribution is 6.51. The average molecular weight is 211 g/mol. The number of carboxylic acid groups (broad SMARTS) is 1. The summed E-state index contributed by atoms with van der Waals surface area (Å²) >= 11 is 11.9. The zero-order chi connectivity index (χ0) is 9.57. The van der Waals surface area contributed by atoms with E-state index < -0.39 is 10.3 Å². The van der Waals surface area contributed by atoms with Gasteiger partial charge in [-0.3, -0.25) is 4.79 Å². The zero-order valence-corrected chi connectivity index (χ0v) is 8.61. The van der Waals surface area contributed by atoms with Gasteiger partial charge in [-0.1, -0.05) is 13.8 Å². The van der Waals surface area contributed by atoms with Crippen molar-refractivity contribution in [2.24, 2.45) is 11.3 Å². The minimum Gasteiger partial charge on any atom is -0.481 e. The first kappa shape index (κ1) is 10.1. The number of aliphatic carboxylic acids is 1. The van der Waals surface area contributed by atoms with Crippen molar-refractivity contribution < 1.29 is 9.90 Å². The van der Waals surface area contributed by atoms with Gasteiger partial charge >= 0.3 is 5.97 Å². The number of hydrogen-bond acceptors (Lipinski definition) is 1. The van der Waals surface area contributed by atoms with Crippen LogP contribution in [0, 0.1) is 11.3 Å². The number of halogens is 2. The van der Waals surface area contributed by atoms with E-state index in [-0.39, 0.29) is 17.8 Å². The number of hydrogen-bond donors (Lipinski definition) is 1. The molecule has 1 unspecified atom stereocenters. The summed E-state index contributed by atoms with van der Waals surface area (Å²) in [7, 11) is 0. The zero-order valence-electron chi connectivity index (χ0n) is 7.10. The van der Waals surface area contributed by atoms with Crippen LogP contribution in [-0.2, 0) is 4.79 Å². The summed E-state index contributed by atoms with van der Waals surface area (Å²) in [5.41, 5.74) is -0.133. The minimum atomic E-state index is -0.790. The molecule has 1 rings (SSSR count). The molecule has 0 radical (unpaired) electrons. The van der Waals surface area contributed by atoms with Crippen molar-refractivity contribution in [3.05, 3.63) is 0 Å². The standard InChI is InChI=1S/C8H12Cl2O2/c1-7(2)5(8(7,9)10)3-4-6(11)12/h5H,3-4H2,1-2H3,(H,11,12). The molecule has 0 amide bonds. The van der Waals surface area contributed by atoms with Crippen LogP contribution in [0.25, 0.3) is 0 Å². The van der Waals surface area contributed by atoms with Crippen molar-refractivity contribution in [1.82, 2.24) is 0 Å². The largest absolute Gasteiger partial charge is 0.481 e. The van der Waals surface area contributed by atoms with E-state index >= 15 is 0 Å². The Hall–Kier alpha value is 0.0500. The maximum absolute atomic E-state index is 10.3. The van der Waals surface area contributed by atoms with Gasteiger partial charge in [-0.25, -0.2) is 0 Å². The molecule has 0 saturated heterocycles. The predicted molar refractivity (Wildman–Crippen MR) is 48.6 cm³/mol.